The number of carbonyl (C=O) groups excluding carboxylic acids is 1. The summed E-state index contributed by atoms with van der Waals surface area (Å²) in [5.74, 6) is 0.149. The predicted molar refractivity (Wildman–Crippen MR) is 178 cm³/mol. The van der Waals surface area contributed by atoms with E-state index in [0.29, 0.717) is 38.2 Å². The largest absolute Gasteiger partial charge is 0.487 e. The average molecular weight is 611 g/mol. The lowest BCUT2D eigenvalue weighted by Crippen LogP contribution is -2.47. The number of pyridine rings is 1. The molecule has 1 saturated carbocycles. The Kier molecular flexibility index (Phi) is 10.9. The van der Waals surface area contributed by atoms with E-state index in [9.17, 15) is 14.7 Å². The molecule has 1 saturated heterocycles. The molecule has 8 heteroatoms. The van der Waals surface area contributed by atoms with Gasteiger partial charge in [-0.3, -0.25) is 9.78 Å². The Morgan fingerprint density at radius 3 is 2.36 bits per heavy atom. The number of hydrogen-bond acceptors (Lipinski definition) is 6. The van der Waals surface area contributed by atoms with Crippen LogP contribution in [0.5, 0.6) is 5.75 Å². The minimum Gasteiger partial charge on any atom is -0.487 e. The summed E-state index contributed by atoms with van der Waals surface area (Å²) in [5.41, 5.74) is 4.76. The topological polar surface area (TPSA) is 86.2 Å². The molecule has 0 spiro atoms. The maximum absolute atomic E-state index is 13.8. The number of hydrogen-bond donors (Lipinski definition) is 1. The quantitative estimate of drug-likeness (QED) is 0.250. The first-order valence-corrected chi connectivity index (χ1v) is 16.2. The first-order valence-electron chi connectivity index (χ1n) is 16.2. The molecule has 1 N–H and O–H groups in total. The molecule has 2 heterocycles. The number of ether oxygens (including phenoxy) is 1. The number of anilines is 1. The van der Waals surface area contributed by atoms with Gasteiger partial charge in [0, 0.05) is 43.1 Å². The van der Waals surface area contributed by atoms with E-state index < -0.39 is 5.97 Å². The first-order chi connectivity index (χ1) is 21.8. The lowest BCUT2D eigenvalue weighted by atomic mass is 9.81. The van der Waals surface area contributed by atoms with E-state index in [4.69, 9.17) is 4.74 Å². The van der Waals surface area contributed by atoms with Gasteiger partial charge in [-0.1, -0.05) is 50.1 Å². The van der Waals surface area contributed by atoms with E-state index in [1.54, 1.807) is 18.3 Å². The van der Waals surface area contributed by atoms with Crippen LogP contribution in [0.1, 0.15) is 72.1 Å². The van der Waals surface area contributed by atoms with Crippen LogP contribution in [-0.2, 0) is 17.9 Å². The van der Waals surface area contributed by atoms with Crippen LogP contribution in [-0.4, -0.2) is 71.5 Å². The number of piperidine rings is 1. The number of allylic oxidation sites excluding steroid dienone is 1. The van der Waals surface area contributed by atoms with Gasteiger partial charge in [0.2, 0.25) is 5.91 Å². The van der Waals surface area contributed by atoms with Crippen LogP contribution >= 0.6 is 0 Å². The van der Waals surface area contributed by atoms with Crippen molar-refractivity contribution in [3.05, 3.63) is 95.8 Å². The molecule has 2 aliphatic rings. The number of aromatic carboxylic acids is 1. The summed E-state index contributed by atoms with van der Waals surface area (Å²) in [6.07, 6.45) is 9.38. The molecule has 0 atom stereocenters. The average Bonchev–Trinajstić information content (AvgIpc) is 3.08. The summed E-state index contributed by atoms with van der Waals surface area (Å²) in [7, 11) is 4.18. The molecule has 1 amide bonds. The van der Waals surface area contributed by atoms with E-state index in [2.05, 4.69) is 30.6 Å². The zero-order valence-electron chi connectivity index (χ0n) is 26.7. The van der Waals surface area contributed by atoms with Gasteiger partial charge < -0.3 is 24.5 Å². The second kappa shape index (κ2) is 15.2. The number of nitrogens with zero attached hydrogens (tertiary/aromatic N) is 4. The molecule has 3 aromatic rings. The van der Waals surface area contributed by atoms with E-state index in [-0.39, 0.29) is 18.0 Å². The maximum atomic E-state index is 13.8. The molecule has 1 aromatic heterocycles. The van der Waals surface area contributed by atoms with Gasteiger partial charge in [0.1, 0.15) is 12.4 Å². The molecule has 5 rings (SSSR count). The van der Waals surface area contributed by atoms with Crippen LogP contribution < -0.4 is 9.64 Å². The smallest absolute Gasteiger partial charge is 0.335 e. The number of aromatic nitrogens is 1. The lowest BCUT2D eigenvalue weighted by Gasteiger charge is -2.37. The number of carboxylic acid groups (broad SMARTS) is 1. The minimum atomic E-state index is -0.988. The minimum absolute atomic E-state index is 0.0532. The zero-order chi connectivity index (χ0) is 31.8. The van der Waals surface area contributed by atoms with Gasteiger partial charge in [0.25, 0.3) is 0 Å². The van der Waals surface area contributed by atoms with E-state index >= 15 is 0 Å². The van der Waals surface area contributed by atoms with Crippen LogP contribution in [0.3, 0.4) is 0 Å². The molecule has 1 aliphatic carbocycles. The van der Waals surface area contributed by atoms with Crippen LogP contribution in [0.4, 0.5) is 5.69 Å². The monoisotopic (exact) mass is 610 g/mol. The molecule has 45 heavy (non-hydrogen) atoms. The lowest BCUT2D eigenvalue weighted by molar-refractivity contribution is -0.131. The van der Waals surface area contributed by atoms with Gasteiger partial charge >= 0.3 is 5.97 Å². The zero-order valence-corrected chi connectivity index (χ0v) is 26.7. The summed E-state index contributed by atoms with van der Waals surface area (Å²) in [6.45, 7) is 6.93. The van der Waals surface area contributed by atoms with Crippen molar-refractivity contribution in [3.63, 3.8) is 0 Å². The second-order valence-electron chi connectivity index (χ2n) is 12.6. The molecule has 0 bridgehead atoms. The Balaban J connectivity index is 1.41. The van der Waals surface area contributed by atoms with E-state index in [1.165, 1.54) is 19.3 Å². The van der Waals surface area contributed by atoms with E-state index in [1.807, 2.05) is 58.3 Å². The van der Waals surface area contributed by atoms with Gasteiger partial charge in [-0.2, -0.15) is 0 Å². The van der Waals surface area contributed by atoms with Crippen LogP contribution in [0.15, 0.2) is 73.4 Å². The van der Waals surface area contributed by atoms with Crippen molar-refractivity contribution < 1.29 is 19.4 Å². The fraction of sp³-hybridized carbons (Fsp3) is 0.432. The highest BCUT2D eigenvalue weighted by molar-refractivity contribution is 5.92. The standard InChI is InChI=1S/C37H46N4O4/c1-27(29-9-5-4-6-10-29)34-17-14-30(37(43)44)23-35(34)41(25-36(42)40-21-18-32(19-22-40)39(2)3)24-28-12-15-33(16-13-28)45-26-31-11-7-8-20-38-31/h7-8,11-17,20,23,29,32H,1,4-6,9-10,18-19,21-22,24-26H2,2-3H3,(H,43,44). The van der Waals surface area contributed by atoms with Crippen LogP contribution in [0.2, 0.25) is 0 Å². The number of rotatable bonds is 12. The Morgan fingerprint density at radius 2 is 1.71 bits per heavy atom. The van der Waals surface area contributed by atoms with Gasteiger partial charge in [-0.05, 0) is 93.2 Å². The van der Waals surface area contributed by atoms with Crippen LogP contribution in [0, 0.1) is 5.92 Å². The number of benzene rings is 2. The summed E-state index contributed by atoms with van der Waals surface area (Å²) >= 11 is 0. The number of amides is 1. The Labute approximate surface area is 267 Å². The van der Waals surface area contributed by atoms with E-state index in [0.717, 1.165) is 59.5 Å². The van der Waals surface area contributed by atoms with Crippen molar-refractivity contribution in [3.8, 4) is 5.75 Å². The SMILES string of the molecule is C=C(c1ccc(C(=O)O)cc1N(CC(=O)N1CCC(N(C)C)CC1)Cc1ccc(OCc2ccccn2)cc1)C1CCCCC1. The second-order valence-corrected chi connectivity index (χ2v) is 12.6. The third-order valence-corrected chi connectivity index (χ3v) is 9.31. The van der Waals surface area contributed by atoms with Crippen molar-refractivity contribution in [2.45, 2.75) is 64.1 Å². The number of likely N-dealkylation sites (tertiary alicyclic amines) is 1. The Morgan fingerprint density at radius 1 is 0.978 bits per heavy atom. The molecule has 1 aliphatic heterocycles. The van der Waals surface area contributed by atoms with Gasteiger partial charge in [-0.15, -0.1) is 0 Å². The highest BCUT2D eigenvalue weighted by Gasteiger charge is 2.28. The fourth-order valence-corrected chi connectivity index (χ4v) is 6.54. The van der Waals surface area contributed by atoms with Gasteiger partial charge in [-0.25, -0.2) is 4.79 Å². The Bertz CT molecular complexity index is 1440. The highest BCUT2D eigenvalue weighted by atomic mass is 16.5. The van der Waals surface area contributed by atoms with Crippen molar-refractivity contribution in [2.75, 3.05) is 38.6 Å². The van der Waals surface area contributed by atoms with Crippen molar-refractivity contribution in [2.24, 2.45) is 5.92 Å². The normalized spacial score (nSPS) is 16.0. The summed E-state index contributed by atoms with van der Waals surface area (Å²) in [6, 6.07) is 19.4. The van der Waals surface area contributed by atoms with Crippen molar-refractivity contribution in [1.82, 2.24) is 14.8 Å². The van der Waals surface area contributed by atoms with Crippen LogP contribution in [0.25, 0.3) is 5.57 Å². The maximum Gasteiger partial charge on any atom is 0.335 e. The summed E-state index contributed by atoms with van der Waals surface area (Å²) in [4.78, 5) is 36.5. The summed E-state index contributed by atoms with van der Waals surface area (Å²) < 4.78 is 5.95. The van der Waals surface area contributed by atoms with Crippen molar-refractivity contribution >= 4 is 23.1 Å². The van der Waals surface area contributed by atoms with Gasteiger partial charge in [0.15, 0.2) is 0 Å². The molecule has 0 unspecified atom stereocenters. The number of carboxylic acids is 1. The molecule has 8 nitrogen and oxygen atoms in total. The highest BCUT2D eigenvalue weighted by Crippen LogP contribution is 2.39. The molecule has 2 aromatic carbocycles. The third-order valence-electron chi connectivity index (χ3n) is 9.31. The molecule has 0 radical (unpaired) electrons. The first kappa shape index (κ1) is 32.2. The fourth-order valence-electron chi connectivity index (χ4n) is 6.54. The Hall–Kier alpha value is -4.17. The number of carbonyl (C=O) groups is 2. The van der Waals surface area contributed by atoms with Crippen molar-refractivity contribution in [1.29, 1.82) is 0 Å². The van der Waals surface area contributed by atoms with Gasteiger partial charge in [0.05, 0.1) is 17.8 Å². The molecule has 2 fully saturated rings. The molecule has 238 valence electrons. The third kappa shape index (κ3) is 8.51. The summed E-state index contributed by atoms with van der Waals surface area (Å²) in [5, 5.41) is 9.94. The molecular weight excluding hydrogens is 564 g/mol. The molecular formula is C37H46N4O4. The predicted octanol–water partition coefficient (Wildman–Crippen LogP) is 6.51.